The number of nitrogens with one attached hydrogen (secondary N) is 2. The van der Waals surface area contributed by atoms with Crippen molar-refractivity contribution < 1.29 is 23.0 Å². The van der Waals surface area contributed by atoms with Crippen LogP contribution in [0.2, 0.25) is 0 Å². The molecule has 0 atom stereocenters. The van der Waals surface area contributed by atoms with Crippen LogP contribution in [0.25, 0.3) is 0 Å². The van der Waals surface area contributed by atoms with Gasteiger partial charge in [-0.05, 0) is 12.1 Å². The molecule has 2 aromatic rings. The van der Waals surface area contributed by atoms with Crippen LogP contribution in [-0.2, 0) is 4.79 Å². The summed E-state index contributed by atoms with van der Waals surface area (Å²) in [4.78, 5) is 15.6. The molecular formula is C11H9F2N5O3S. The zero-order valence-corrected chi connectivity index (χ0v) is 11.6. The SMILES string of the molecule is Nc1nc(SCC(=O)Nc2ccc3c(c2)OC(F)(F)O3)n[nH]1. The third-order valence-corrected chi connectivity index (χ3v) is 3.35. The number of ether oxygens (including phenoxy) is 2. The van der Waals surface area contributed by atoms with Gasteiger partial charge in [-0.1, -0.05) is 11.8 Å². The summed E-state index contributed by atoms with van der Waals surface area (Å²) in [6, 6.07) is 3.97. The van der Waals surface area contributed by atoms with E-state index in [0.29, 0.717) is 10.8 Å². The lowest BCUT2D eigenvalue weighted by Crippen LogP contribution is -2.25. The highest BCUT2D eigenvalue weighted by Gasteiger charge is 2.43. The van der Waals surface area contributed by atoms with Crippen molar-refractivity contribution in [2.24, 2.45) is 0 Å². The molecule has 4 N–H and O–H groups in total. The van der Waals surface area contributed by atoms with Crippen LogP contribution in [0.4, 0.5) is 20.4 Å². The number of aromatic amines is 1. The molecule has 1 amide bonds. The number of alkyl halides is 2. The quantitative estimate of drug-likeness (QED) is 0.727. The van der Waals surface area contributed by atoms with Gasteiger partial charge in [-0.2, -0.15) is 4.98 Å². The number of anilines is 2. The minimum Gasteiger partial charge on any atom is -0.395 e. The maximum Gasteiger partial charge on any atom is 0.586 e. The van der Waals surface area contributed by atoms with Gasteiger partial charge in [0.2, 0.25) is 17.0 Å². The molecule has 0 bridgehead atoms. The fourth-order valence-corrected chi connectivity index (χ4v) is 2.28. The zero-order valence-electron chi connectivity index (χ0n) is 10.8. The molecule has 0 radical (unpaired) electrons. The number of rotatable bonds is 4. The Bertz CT molecular complexity index is 724. The molecule has 116 valence electrons. The van der Waals surface area contributed by atoms with Gasteiger partial charge in [-0.25, -0.2) is 5.10 Å². The Labute approximate surface area is 126 Å². The van der Waals surface area contributed by atoms with Crippen molar-refractivity contribution in [3.05, 3.63) is 18.2 Å². The standard InChI is InChI=1S/C11H9F2N5O3S/c12-11(13)20-6-2-1-5(3-7(6)21-11)15-8(19)4-22-10-16-9(14)17-18-10/h1-3H,4H2,(H,15,19)(H3,14,16,17,18). The number of nitrogen functional groups attached to an aromatic ring is 1. The van der Waals surface area contributed by atoms with E-state index in [-0.39, 0.29) is 29.1 Å². The number of hydrogen-bond acceptors (Lipinski definition) is 7. The number of thioether (sulfide) groups is 1. The summed E-state index contributed by atoms with van der Waals surface area (Å²) in [6.45, 7) is 0. The number of benzene rings is 1. The first-order valence-electron chi connectivity index (χ1n) is 5.92. The number of amides is 1. The van der Waals surface area contributed by atoms with Gasteiger partial charge >= 0.3 is 6.29 Å². The Hall–Kier alpha value is -2.56. The summed E-state index contributed by atoms with van der Waals surface area (Å²) in [6.07, 6.45) is -3.69. The van der Waals surface area contributed by atoms with E-state index in [1.807, 2.05) is 0 Å². The number of carbonyl (C=O) groups is 1. The second-order valence-electron chi connectivity index (χ2n) is 4.17. The van der Waals surface area contributed by atoms with Crippen LogP contribution in [0, 0.1) is 0 Å². The van der Waals surface area contributed by atoms with Gasteiger partial charge in [0.25, 0.3) is 0 Å². The Morgan fingerprint density at radius 2 is 2.18 bits per heavy atom. The maximum atomic E-state index is 12.9. The minimum absolute atomic E-state index is 0.0297. The van der Waals surface area contributed by atoms with Crippen LogP contribution in [0.5, 0.6) is 11.5 Å². The van der Waals surface area contributed by atoms with Gasteiger partial charge in [0.1, 0.15) is 0 Å². The number of nitrogens with two attached hydrogens (primary N) is 1. The number of nitrogens with zero attached hydrogens (tertiary/aromatic N) is 2. The molecule has 1 aromatic heterocycles. The maximum absolute atomic E-state index is 12.9. The minimum atomic E-state index is -3.69. The molecule has 11 heteroatoms. The highest BCUT2D eigenvalue weighted by Crippen LogP contribution is 2.42. The Balaban J connectivity index is 1.58. The van der Waals surface area contributed by atoms with Crippen LogP contribution < -0.4 is 20.5 Å². The third-order valence-electron chi connectivity index (χ3n) is 2.50. The van der Waals surface area contributed by atoms with Gasteiger partial charge in [-0.15, -0.1) is 13.9 Å². The Morgan fingerprint density at radius 1 is 1.41 bits per heavy atom. The molecule has 22 heavy (non-hydrogen) atoms. The van der Waals surface area contributed by atoms with Crippen molar-refractivity contribution in [2.45, 2.75) is 11.5 Å². The van der Waals surface area contributed by atoms with E-state index < -0.39 is 6.29 Å². The van der Waals surface area contributed by atoms with Crippen molar-refractivity contribution in [1.29, 1.82) is 0 Å². The molecule has 1 aromatic carbocycles. The van der Waals surface area contributed by atoms with Crippen molar-refractivity contribution >= 4 is 29.3 Å². The fourth-order valence-electron chi connectivity index (χ4n) is 1.68. The summed E-state index contributed by atoms with van der Waals surface area (Å²) in [7, 11) is 0. The molecule has 0 spiro atoms. The number of carbonyl (C=O) groups excluding carboxylic acids is 1. The van der Waals surface area contributed by atoms with E-state index in [1.165, 1.54) is 18.2 Å². The number of halogens is 2. The Morgan fingerprint density at radius 3 is 2.91 bits per heavy atom. The molecule has 2 heterocycles. The summed E-state index contributed by atoms with van der Waals surface area (Å²) in [5.41, 5.74) is 5.66. The summed E-state index contributed by atoms with van der Waals surface area (Å²) in [5.74, 6) is -0.411. The first-order chi connectivity index (χ1) is 10.4. The predicted octanol–water partition coefficient (Wildman–Crippen LogP) is 1.44. The smallest absolute Gasteiger partial charge is 0.395 e. The summed E-state index contributed by atoms with van der Waals surface area (Å²) < 4.78 is 34.3. The highest BCUT2D eigenvalue weighted by molar-refractivity contribution is 7.99. The monoisotopic (exact) mass is 329 g/mol. The first kappa shape index (κ1) is 14.4. The third kappa shape index (κ3) is 3.19. The van der Waals surface area contributed by atoms with E-state index in [2.05, 4.69) is 30.0 Å². The van der Waals surface area contributed by atoms with Crippen molar-refractivity contribution in [2.75, 3.05) is 16.8 Å². The van der Waals surface area contributed by atoms with E-state index in [4.69, 9.17) is 5.73 Å². The van der Waals surface area contributed by atoms with Crippen molar-refractivity contribution in [3.8, 4) is 11.5 Å². The largest absolute Gasteiger partial charge is 0.586 e. The topological polar surface area (TPSA) is 115 Å². The molecular weight excluding hydrogens is 320 g/mol. The fraction of sp³-hybridized carbons (Fsp3) is 0.182. The molecule has 0 fully saturated rings. The average Bonchev–Trinajstić information content (AvgIpc) is 2.97. The summed E-state index contributed by atoms with van der Waals surface area (Å²) in [5, 5.41) is 9.07. The lowest BCUT2D eigenvalue weighted by atomic mass is 10.3. The summed E-state index contributed by atoms with van der Waals surface area (Å²) >= 11 is 1.07. The van der Waals surface area contributed by atoms with Gasteiger partial charge in [0.05, 0.1) is 5.75 Å². The number of aromatic nitrogens is 3. The number of hydrogen-bond donors (Lipinski definition) is 3. The molecule has 0 unspecified atom stereocenters. The van der Waals surface area contributed by atoms with Gasteiger partial charge in [-0.3, -0.25) is 4.79 Å². The lowest BCUT2D eigenvalue weighted by Gasteiger charge is -2.05. The normalized spacial score (nSPS) is 14.8. The van der Waals surface area contributed by atoms with Crippen LogP contribution in [0.1, 0.15) is 0 Å². The molecule has 0 saturated carbocycles. The van der Waals surface area contributed by atoms with E-state index in [0.717, 1.165) is 11.8 Å². The molecule has 3 rings (SSSR count). The molecule has 8 nitrogen and oxygen atoms in total. The second kappa shape index (κ2) is 5.33. The van der Waals surface area contributed by atoms with Gasteiger partial charge < -0.3 is 20.5 Å². The molecule has 1 aliphatic rings. The highest BCUT2D eigenvalue weighted by atomic mass is 32.2. The van der Waals surface area contributed by atoms with E-state index in [9.17, 15) is 13.6 Å². The van der Waals surface area contributed by atoms with Gasteiger partial charge in [0, 0.05) is 11.8 Å². The Kier molecular flexibility index (Phi) is 3.48. The molecule has 0 saturated heterocycles. The van der Waals surface area contributed by atoms with Crippen LogP contribution in [0.15, 0.2) is 23.4 Å². The van der Waals surface area contributed by atoms with Gasteiger partial charge in [0.15, 0.2) is 11.5 Å². The number of H-pyrrole nitrogens is 1. The van der Waals surface area contributed by atoms with Crippen LogP contribution in [0.3, 0.4) is 0 Å². The number of fused-ring (bicyclic) bond motifs is 1. The van der Waals surface area contributed by atoms with Crippen LogP contribution >= 0.6 is 11.8 Å². The lowest BCUT2D eigenvalue weighted by molar-refractivity contribution is -0.286. The van der Waals surface area contributed by atoms with Crippen molar-refractivity contribution in [1.82, 2.24) is 15.2 Å². The predicted molar refractivity (Wildman–Crippen MR) is 72.8 cm³/mol. The second-order valence-corrected chi connectivity index (χ2v) is 5.11. The first-order valence-corrected chi connectivity index (χ1v) is 6.90. The van der Waals surface area contributed by atoms with Crippen molar-refractivity contribution in [3.63, 3.8) is 0 Å². The average molecular weight is 329 g/mol. The molecule has 0 aliphatic carbocycles. The molecule has 1 aliphatic heterocycles. The van der Waals surface area contributed by atoms with Crippen LogP contribution in [-0.4, -0.2) is 33.1 Å². The zero-order chi connectivity index (χ0) is 15.7. The van der Waals surface area contributed by atoms with E-state index in [1.54, 1.807) is 0 Å². The van der Waals surface area contributed by atoms with E-state index >= 15 is 0 Å².